The predicted octanol–water partition coefficient (Wildman–Crippen LogP) is 3.20. The molecule has 130 valence electrons. The molecule has 1 aromatic heterocycles. The standard InChI is InChI=1S/C18H25N3O3/c1-11(2)8-15(19-13(4)22)18-20-17(21-24-18)10-14-9-12(3)6-7-16(14)23-5/h6-7,9,11,15H,8,10H2,1-5H3,(H,19,22)/t15-/m0/s1. The number of amides is 1. The van der Waals surface area contributed by atoms with E-state index in [2.05, 4.69) is 29.3 Å². The smallest absolute Gasteiger partial charge is 0.249 e. The molecule has 0 radical (unpaired) electrons. The lowest BCUT2D eigenvalue weighted by Gasteiger charge is -2.15. The first-order valence-electron chi connectivity index (χ1n) is 8.12. The van der Waals surface area contributed by atoms with Crippen molar-refractivity contribution in [1.82, 2.24) is 15.5 Å². The summed E-state index contributed by atoms with van der Waals surface area (Å²) in [7, 11) is 1.64. The molecular formula is C18H25N3O3. The molecule has 6 nitrogen and oxygen atoms in total. The van der Waals surface area contributed by atoms with Crippen LogP contribution in [0.15, 0.2) is 22.7 Å². The minimum absolute atomic E-state index is 0.110. The number of hydrogen-bond donors (Lipinski definition) is 1. The summed E-state index contributed by atoms with van der Waals surface area (Å²) in [5.74, 6) is 2.11. The fraction of sp³-hybridized carbons (Fsp3) is 0.500. The van der Waals surface area contributed by atoms with E-state index in [9.17, 15) is 4.79 Å². The largest absolute Gasteiger partial charge is 0.496 e. The van der Waals surface area contributed by atoms with Crippen LogP contribution in [0.5, 0.6) is 5.75 Å². The van der Waals surface area contributed by atoms with Gasteiger partial charge in [0.15, 0.2) is 5.82 Å². The van der Waals surface area contributed by atoms with Crippen LogP contribution in [0.2, 0.25) is 0 Å². The number of carbonyl (C=O) groups is 1. The molecule has 0 bridgehead atoms. The third kappa shape index (κ3) is 4.81. The van der Waals surface area contributed by atoms with Gasteiger partial charge in [0, 0.05) is 18.9 Å². The minimum atomic E-state index is -0.261. The fourth-order valence-corrected chi connectivity index (χ4v) is 2.63. The van der Waals surface area contributed by atoms with E-state index in [0.717, 1.165) is 23.3 Å². The van der Waals surface area contributed by atoms with Crippen LogP contribution in [-0.2, 0) is 11.2 Å². The maximum absolute atomic E-state index is 11.4. The maximum Gasteiger partial charge on any atom is 0.249 e. The summed E-state index contributed by atoms with van der Waals surface area (Å²) in [5.41, 5.74) is 2.15. The van der Waals surface area contributed by atoms with Crippen LogP contribution < -0.4 is 10.1 Å². The monoisotopic (exact) mass is 331 g/mol. The first kappa shape index (κ1) is 18.0. The fourth-order valence-electron chi connectivity index (χ4n) is 2.63. The van der Waals surface area contributed by atoms with Gasteiger partial charge in [-0.25, -0.2) is 0 Å². The van der Waals surface area contributed by atoms with Crippen molar-refractivity contribution in [2.75, 3.05) is 7.11 Å². The van der Waals surface area contributed by atoms with Gasteiger partial charge in [0.05, 0.1) is 7.11 Å². The number of carbonyl (C=O) groups excluding carboxylic acids is 1. The Morgan fingerprint density at radius 1 is 1.38 bits per heavy atom. The van der Waals surface area contributed by atoms with Gasteiger partial charge < -0.3 is 14.6 Å². The second-order valence-electron chi connectivity index (χ2n) is 6.42. The number of aryl methyl sites for hydroxylation is 1. The van der Waals surface area contributed by atoms with Crippen molar-refractivity contribution in [2.45, 2.75) is 46.6 Å². The number of rotatable bonds is 7. The first-order valence-corrected chi connectivity index (χ1v) is 8.12. The molecule has 24 heavy (non-hydrogen) atoms. The van der Waals surface area contributed by atoms with Crippen molar-refractivity contribution >= 4 is 5.91 Å². The number of benzene rings is 1. The van der Waals surface area contributed by atoms with Crippen LogP contribution in [0.25, 0.3) is 0 Å². The van der Waals surface area contributed by atoms with Gasteiger partial charge in [-0.2, -0.15) is 4.98 Å². The molecule has 2 rings (SSSR count). The van der Waals surface area contributed by atoms with E-state index in [4.69, 9.17) is 9.26 Å². The number of aromatic nitrogens is 2. The molecule has 1 atom stereocenters. The summed E-state index contributed by atoms with van der Waals surface area (Å²) in [6, 6.07) is 5.72. The zero-order valence-electron chi connectivity index (χ0n) is 14.9. The van der Waals surface area contributed by atoms with Crippen LogP contribution >= 0.6 is 0 Å². The Morgan fingerprint density at radius 2 is 2.12 bits per heavy atom. The molecule has 0 saturated carbocycles. The predicted molar refractivity (Wildman–Crippen MR) is 90.8 cm³/mol. The zero-order valence-corrected chi connectivity index (χ0v) is 14.9. The van der Waals surface area contributed by atoms with Gasteiger partial charge in [0.2, 0.25) is 11.8 Å². The highest BCUT2D eigenvalue weighted by molar-refractivity contribution is 5.73. The van der Waals surface area contributed by atoms with Crippen LogP contribution in [-0.4, -0.2) is 23.2 Å². The number of methoxy groups -OCH3 is 1. The van der Waals surface area contributed by atoms with Crippen molar-refractivity contribution in [3.05, 3.63) is 41.0 Å². The van der Waals surface area contributed by atoms with E-state index in [0.29, 0.717) is 24.1 Å². The van der Waals surface area contributed by atoms with Crippen LogP contribution in [0.4, 0.5) is 0 Å². The quantitative estimate of drug-likeness (QED) is 0.843. The summed E-state index contributed by atoms with van der Waals surface area (Å²) in [5, 5.41) is 6.94. The number of ether oxygens (including phenoxy) is 1. The van der Waals surface area contributed by atoms with Gasteiger partial charge in [0.25, 0.3) is 0 Å². The van der Waals surface area contributed by atoms with Crippen LogP contribution in [0, 0.1) is 12.8 Å². The first-order chi connectivity index (χ1) is 11.4. The van der Waals surface area contributed by atoms with Crippen molar-refractivity contribution in [3.63, 3.8) is 0 Å². The topological polar surface area (TPSA) is 77.3 Å². The van der Waals surface area contributed by atoms with Gasteiger partial charge in [-0.1, -0.05) is 36.7 Å². The number of hydrogen-bond acceptors (Lipinski definition) is 5. The number of nitrogens with one attached hydrogen (secondary N) is 1. The Bertz CT molecular complexity index is 695. The Balaban J connectivity index is 2.20. The zero-order chi connectivity index (χ0) is 17.7. The molecule has 0 unspecified atom stereocenters. The van der Waals surface area contributed by atoms with Crippen molar-refractivity contribution in [3.8, 4) is 5.75 Å². The lowest BCUT2D eigenvalue weighted by molar-refractivity contribution is -0.120. The average molecular weight is 331 g/mol. The molecule has 1 N–H and O–H groups in total. The lowest BCUT2D eigenvalue weighted by atomic mass is 10.0. The normalized spacial score (nSPS) is 12.2. The van der Waals surface area contributed by atoms with E-state index < -0.39 is 0 Å². The van der Waals surface area contributed by atoms with Gasteiger partial charge in [-0.15, -0.1) is 0 Å². The third-order valence-electron chi connectivity index (χ3n) is 3.65. The van der Waals surface area contributed by atoms with E-state index in [1.54, 1.807) is 7.11 Å². The molecule has 0 aliphatic carbocycles. The second-order valence-corrected chi connectivity index (χ2v) is 6.42. The van der Waals surface area contributed by atoms with Gasteiger partial charge in [-0.3, -0.25) is 4.79 Å². The minimum Gasteiger partial charge on any atom is -0.496 e. The van der Waals surface area contributed by atoms with E-state index >= 15 is 0 Å². The Labute approximate surface area is 142 Å². The second kappa shape index (κ2) is 7.95. The number of nitrogens with zero attached hydrogens (tertiary/aromatic N) is 2. The van der Waals surface area contributed by atoms with Crippen molar-refractivity contribution in [1.29, 1.82) is 0 Å². The van der Waals surface area contributed by atoms with Gasteiger partial charge in [-0.05, 0) is 25.3 Å². The molecule has 0 aliphatic rings. The lowest BCUT2D eigenvalue weighted by Crippen LogP contribution is -2.27. The molecule has 2 aromatic rings. The van der Waals surface area contributed by atoms with Crippen LogP contribution in [0.3, 0.4) is 0 Å². The summed E-state index contributed by atoms with van der Waals surface area (Å²) in [6.07, 6.45) is 1.26. The highest BCUT2D eigenvalue weighted by Crippen LogP contribution is 2.24. The van der Waals surface area contributed by atoms with E-state index in [1.807, 2.05) is 25.1 Å². The molecule has 1 amide bonds. The summed E-state index contributed by atoms with van der Waals surface area (Å²) in [4.78, 5) is 15.9. The molecule has 1 heterocycles. The van der Waals surface area contributed by atoms with Gasteiger partial charge in [0.1, 0.15) is 11.8 Å². The van der Waals surface area contributed by atoms with Crippen molar-refractivity contribution in [2.24, 2.45) is 5.92 Å². The third-order valence-corrected chi connectivity index (χ3v) is 3.65. The van der Waals surface area contributed by atoms with Crippen LogP contribution in [0.1, 0.15) is 56.1 Å². The highest BCUT2D eigenvalue weighted by atomic mass is 16.5. The SMILES string of the molecule is COc1ccc(C)cc1Cc1noc([C@H](CC(C)C)NC(C)=O)n1. The van der Waals surface area contributed by atoms with Gasteiger partial charge >= 0.3 is 0 Å². The molecule has 0 saturated heterocycles. The summed E-state index contributed by atoms with van der Waals surface area (Å²) >= 11 is 0. The molecule has 1 aromatic carbocycles. The summed E-state index contributed by atoms with van der Waals surface area (Å²) < 4.78 is 10.8. The van der Waals surface area contributed by atoms with E-state index in [-0.39, 0.29) is 11.9 Å². The Kier molecular flexibility index (Phi) is 5.95. The Morgan fingerprint density at radius 3 is 2.75 bits per heavy atom. The van der Waals surface area contributed by atoms with Crippen molar-refractivity contribution < 1.29 is 14.1 Å². The maximum atomic E-state index is 11.4. The molecule has 0 spiro atoms. The Hall–Kier alpha value is -2.37. The highest BCUT2D eigenvalue weighted by Gasteiger charge is 2.21. The molecule has 6 heteroatoms. The summed E-state index contributed by atoms with van der Waals surface area (Å²) in [6.45, 7) is 7.69. The molecule has 0 aliphatic heterocycles. The average Bonchev–Trinajstić information content (AvgIpc) is 2.94. The van der Waals surface area contributed by atoms with E-state index in [1.165, 1.54) is 6.92 Å². The molecule has 0 fully saturated rings. The molecular weight excluding hydrogens is 306 g/mol.